The summed E-state index contributed by atoms with van der Waals surface area (Å²) in [6.45, 7) is 0.197. The van der Waals surface area contributed by atoms with E-state index in [0.717, 1.165) is 0 Å². The molecule has 0 aliphatic rings. The van der Waals surface area contributed by atoms with Crippen LogP contribution in [0.3, 0.4) is 0 Å². The van der Waals surface area contributed by atoms with Crippen molar-refractivity contribution >= 4 is 11.9 Å². The summed E-state index contributed by atoms with van der Waals surface area (Å²) < 4.78 is 9.55. The third-order valence-corrected chi connectivity index (χ3v) is 2.32. The van der Waals surface area contributed by atoms with Crippen molar-refractivity contribution in [2.75, 3.05) is 7.11 Å². The summed E-state index contributed by atoms with van der Waals surface area (Å²) in [6, 6.07) is 2.83. The molecule has 0 saturated heterocycles. The van der Waals surface area contributed by atoms with Gasteiger partial charge in [-0.2, -0.15) is 0 Å². The average molecular weight is 261 g/mol. The molecule has 2 aromatic heterocycles. The lowest BCUT2D eigenvalue weighted by Crippen LogP contribution is -2.24. The van der Waals surface area contributed by atoms with Crippen LogP contribution in [0.5, 0.6) is 0 Å². The van der Waals surface area contributed by atoms with E-state index in [4.69, 9.17) is 4.42 Å². The standard InChI is InChI=1S/C12H11N3O4/c1-18-12(17)8-2-3-14-10(4-8)11(16)15-6-9-5-13-7-19-9/h2-5,7H,6H2,1H3,(H,15,16). The van der Waals surface area contributed by atoms with Gasteiger partial charge in [0.25, 0.3) is 5.91 Å². The van der Waals surface area contributed by atoms with Crippen molar-refractivity contribution in [1.29, 1.82) is 0 Å². The number of amides is 1. The number of nitrogens with one attached hydrogen (secondary N) is 1. The van der Waals surface area contributed by atoms with Crippen LogP contribution in [-0.2, 0) is 11.3 Å². The molecule has 0 radical (unpaired) electrons. The Morgan fingerprint density at radius 2 is 2.32 bits per heavy atom. The van der Waals surface area contributed by atoms with Gasteiger partial charge < -0.3 is 14.5 Å². The van der Waals surface area contributed by atoms with Gasteiger partial charge in [-0.05, 0) is 12.1 Å². The average Bonchev–Trinajstić information content (AvgIpc) is 2.97. The molecule has 0 fully saturated rings. The van der Waals surface area contributed by atoms with Gasteiger partial charge in [0.2, 0.25) is 0 Å². The molecular formula is C12H11N3O4. The number of rotatable bonds is 4. The van der Waals surface area contributed by atoms with Gasteiger partial charge in [0.05, 0.1) is 25.4 Å². The molecule has 0 unspecified atom stereocenters. The van der Waals surface area contributed by atoms with Crippen LogP contribution >= 0.6 is 0 Å². The summed E-state index contributed by atoms with van der Waals surface area (Å²) in [7, 11) is 1.27. The van der Waals surface area contributed by atoms with Crippen LogP contribution < -0.4 is 5.32 Å². The monoisotopic (exact) mass is 261 g/mol. The van der Waals surface area contributed by atoms with Gasteiger partial charge in [0.15, 0.2) is 6.39 Å². The number of carbonyl (C=O) groups excluding carboxylic acids is 2. The van der Waals surface area contributed by atoms with E-state index in [1.807, 2.05) is 0 Å². The normalized spacial score (nSPS) is 9.95. The van der Waals surface area contributed by atoms with Crippen LogP contribution in [-0.4, -0.2) is 29.0 Å². The molecule has 7 nitrogen and oxygen atoms in total. The molecule has 0 atom stereocenters. The summed E-state index contributed by atoms with van der Waals surface area (Å²) in [4.78, 5) is 30.8. The zero-order chi connectivity index (χ0) is 13.7. The molecule has 0 aromatic carbocycles. The molecule has 2 rings (SSSR count). The Balaban J connectivity index is 2.04. The molecule has 2 aromatic rings. The first-order valence-electron chi connectivity index (χ1n) is 5.40. The van der Waals surface area contributed by atoms with E-state index in [0.29, 0.717) is 5.76 Å². The largest absolute Gasteiger partial charge is 0.465 e. The van der Waals surface area contributed by atoms with Gasteiger partial charge >= 0.3 is 5.97 Å². The van der Waals surface area contributed by atoms with Gasteiger partial charge in [-0.1, -0.05) is 0 Å². The van der Waals surface area contributed by atoms with E-state index >= 15 is 0 Å². The topological polar surface area (TPSA) is 94.3 Å². The lowest BCUT2D eigenvalue weighted by molar-refractivity contribution is 0.0600. The number of hydrogen-bond acceptors (Lipinski definition) is 6. The van der Waals surface area contributed by atoms with Crippen molar-refractivity contribution < 1.29 is 18.7 Å². The Morgan fingerprint density at radius 3 is 3.00 bits per heavy atom. The molecule has 1 amide bonds. The lowest BCUT2D eigenvalue weighted by atomic mass is 10.2. The maximum atomic E-state index is 11.8. The van der Waals surface area contributed by atoms with Gasteiger partial charge in [-0.3, -0.25) is 9.78 Å². The number of aromatic nitrogens is 2. The number of esters is 1. The summed E-state index contributed by atoms with van der Waals surface area (Å²) in [5.41, 5.74) is 0.393. The number of oxazole rings is 1. The number of pyridine rings is 1. The molecule has 0 saturated carbocycles. The second-order valence-corrected chi connectivity index (χ2v) is 3.57. The van der Waals surface area contributed by atoms with Crippen molar-refractivity contribution in [2.45, 2.75) is 6.54 Å². The number of nitrogens with zero attached hydrogens (tertiary/aromatic N) is 2. The second-order valence-electron chi connectivity index (χ2n) is 3.57. The van der Waals surface area contributed by atoms with Crippen LogP contribution in [0, 0.1) is 0 Å². The van der Waals surface area contributed by atoms with Gasteiger partial charge in [-0.15, -0.1) is 0 Å². The second kappa shape index (κ2) is 5.76. The molecule has 98 valence electrons. The van der Waals surface area contributed by atoms with Crippen molar-refractivity contribution in [3.8, 4) is 0 Å². The summed E-state index contributed by atoms with van der Waals surface area (Å²) in [5.74, 6) is -0.411. The first kappa shape index (κ1) is 12.7. The molecule has 19 heavy (non-hydrogen) atoms. The van der Waals surface area contributed by atoms with E-state index in [1.165, 1.54) is 38.0 Å². The van der Waals surface area contributed by atoms with E-state index in [9.17, 15) is 9.59 Å². The summed E-state index contributed by atoms with van der Waals surface area (Å²) >= 11 is 0. The third-order valence-electron chi connectivity index (χ3n) is 2.32. The van der Waals surface area contributed by atoms with Crippen molar-refractivity contribution in [3.05, 3.63) is 47.9 Å². The zero-order valence-electron chi connectivity index (χ0n) is 10.1. The van der Waals surface area contributed by atoms with Crippen molar-refractivity contribution in [3.63, 3.8) is 0 Å². The highest BCUT2D eigenvalue weighted by Crippen LogP contribution is 2.04. The van der Waals surface area contributed by atoms with Crippen LogP contribution in [0.2, 0.25) is 0 Å². The minimum absolute atomic E-state index is 0.127. The molecular weight excluding hydrogens is 250 g/mol. The highest BCUT2D eigenvalue weighted by atomic mass is 16.5. The van der Waals surface area contributed by atoms with Crippen molar-refractivity contribution in [1.82, 2.24) is 15.3 Å². The molecule has 0 spiro atoms. The maximum absolute atomic E-state index is 11.8. The smallest absolute Gasteiger partial charge is 0.337 e. The maximum Gasteiger partial charge on any atom is 0.337 e. The Hall–Kier alpha value is -2.70. The zero-order valence-corrected chi connectivity index (χ0v) is 10.1. The predicted octanol–water partition coefficient (Wildman–Crippen LogP) is 0.786. The fourth-order valence-electron chi connectivity index (χ4n) is 1.39. The fourth-order valence-corrected chi connectivity index (χ4v) is 1.39. The van der Waals surface area contributed by atoms with E-state index in [-0.39, 0.29) is 17.8 Å². The molecule has 0 bridgehead atoms. The lowest BCUT2D eigenvalue weighted by Gasteiger charge is -2.04. The number of hydrogen-bond donors (Lipinski definition) is 1. The SMILES string of the molecule is COC(=O)c1ccnc(C(=O)NCc2cnco2)c1. The molecule has 0 aliphatic heterocycles. The van der Waals surface area contributed by atoms with Crippen LogP contribution in [0.15, 0.2) is 35.3 Å². The van der Waals surface area contributed by atoms with E-state index in [1.54, 1.807) is 0 Å². The highest BCUT2D eigenvalue weighted by Gasteiger charge is 2.12. The first-order valence-corrected chi connectivity index (χ1v) is 5.40. The molecule has 0 aliphatic carbocycles. The Bertz CT molecular complexity index is 580. The third kappa shape index (κ3) is 3.15. The van der Waals surface area contributed by atoms with E-state index in [2.05, 4.69) is 20.0 Å². The summed E-state index contributed by atoms with van der Waals surface area (Å²) in [6.07, 6.45) is 4.14. The van der Waals surface area contributed by atoms with Gasteiger partial charge in [0.1, 0.15) is 11.5 Å². The Kier molecular flexibility index (Phi) is 3.87. The molecule has 2 heterocycles. The predicted molar refractivity (Wildman–Crippen MR) is 63.2 cm³/mol. The Morgan fingerprint density at radius 1 is 1.47 bits per heavy atom. The fraction of sp³-hybridized carbons (Fsp3) is 0.167. The first-order chi connectivity index (χ1) is 9.20. The minimum Gasteiger partial charge on any atom is -0.465 e. The quantitative estimate of drug-likeness (QED) is 0.817. The van der Waals surface area contributed by atoms with Crippen molar-refractivity contribution in [2.24, 2.45) is 0 Å². The minimum atomic E-state index is -0.522. The molecule has 1 N–H and O–H groups in total. The number of methoxy groups -OCH3 is 1. The van der Waals surface area contributed by atoms with Crippen LogP contribution in [0.25, 0.3) is 0 Å². The highest BCUT2D eigenvalue weighted by molar-refractivity contribution is 5.96. The Labute approximate surface area is 108 Å². The molecule has 7 heteroatoms. The van der Waals surface area contributed by atoms with Gasteiger partial charge in [-0.25, -0.2) is 9.78 Å². The van der Waals surface area contributed by atoms with Gasteiger partial charge in [0, 0.05) is 6.20 Å². The van der Waals surface area contributed by atoms with Crippen LogP contribution in [0.1, 0.15) is 26.6 Å². The number of carbonyl (C=O) groups is 2. The summed E-state index contributed by atoms with van der Waals surface area (Å²) in [5, 5.41) is 2.60. The van der Waals surface area contributed by atoms with E-state index < -0.39 is 11.9 Å². The number of ether oxygens (including phenoxy) is 1. The van der Waals surface area contributed by atoms with Crippen LogP contribution in [0.4, 0.5) is 0 Å².